The summed E-state index contributed by atoms with van der Waals surface area (Å²) >= 11 is 0. The van der Waals surface area contributed by atoms with Gasteiger partial charge < -0.3 is 14.9 Å². The Morgan fingerprint density at radius 2 is 1.92 bits per heavy atom. The second-order valence-corrected chi connectivity index (χ2v) is 6.94. The van der Waals surface area contributed by atoms with Crippen molar-refractivity contribution in [2.75, 3.05) is 6.61 Å². The van der Waals surface area contributed by atoms with Gasteiger partial charge in [-0.15, -0.1) is 0 Å². The summed E-state index contributed by atoms with van der Waals surface area (Å²) in [6.45, 7) is -0.488. The second kappa shape index (κ2) is 6.81. The van der Waals surface area contributed by atoms with E-state index in [2.05, 4.69) is 4.98 Å². The van der Waals surface area contributed by atoms with Gasteiger partial charge in [-0.2, -0.15) is 0 Å². The lowest BCUT2D eigenvalue weighted by molar-refractivity contribution is -0.0457. The van der Waals surface area contributed by atoms with E-state index in [1.54, 1.807) is 30.3 Å². The summed E-state index contributed by atoms with van der Waals surface area (Å²) in [5, 5.41) is 18.8. The lowest BCUT2D eigenvalue weighted by Crippen LogP contribution is -2.40. The van der Waals surface area contributed by atoms with E-state index in [1.165, 1.54) is 6.20 Å². The van der Waals surface area contributed by atoms with Gasteiger partial charge in [-0.05, 0) is 12.1 Å². The van der Waals surface area contributed by atoms with Gasteiger partial charge >= 0.3 is 5.69 Å². The lowest BCUT2D eigenvalue weighted by atomic mass is 10.2. The highest BCUT2D eigenvalue weighted by Crippen LogP contribution is 2.34. The number of nitrogens with one attached hydrogen (secondary N) is 1. The van der Waals surface area contributed by atoms with Crippen LogP contribution in [0.4, 0.5) is 0 Å². The van der Waals surface area contributed by atoms with Crippen LogP contribution in [0.2, 0.25) is 0 Å². The first-order chi connectivity index (χ1) is 11.5. The molecular formula is C15H16N2O6S. The Hall–Kier alpha value is -2.07. The van der Waals surface area contributed by atoms with Crippen molar-refractivity contribution < 1.29 is 19.2 Å². The predicted molar refractivity (Wildman–Crippen MR) is 85.0 cm³/mol. The highest BCUT2D eigenvalue weighted by Gasteiger charge is 2.48. The molecule has 9 heteroatoms. The molecule has 5 atom stereocenters. The molecule has 0 spiro atoms. The van der Waals surface area contributed by atoms with Crippen LogP contribution in [0.25, 0.3) is 0 Å². The predicted octanol–water partition coefficient (Wildman–Crippen LogP) is -1.04. The second-order valence-electron chi connectivity index (χ2n) is 5.33. The van der Waals surface area contributed by atoms with Gasteiger partial charge in [0.05, 0.1) is 17.4 Å². The fourth-order valence-corrected chi connectivity index (χ4v) is 4.24. The van der Waals surface area contributed by atoms with E-state index in [0.29, 0.717) is 4.90 Å². The quantitative estimate of drug-likeness (QED) is 0.646. The van der Waals surface area contributed by atoms with Gasteiger partial charge in [-0.1, -0.05) is 18.2 Å². The van der Waals surface area contributed by atoms with E-state index in [1.807, 2.05) is 0 Å². The molecule has 0 radical (unpaired) electrons. The molecule has 8 nitrogen and oxygen atoms in total. The number of nitrogens with zero attached hydrogens (tertiary/aromatic N) is 1. The average Bonchev–Trinajstić information content (AvgIpc) is 2.91. The molecule has 0 bridgehead atoms. The largest absolute Gasteiger partial charge is 0.394 e. The topological polar surface area (TPSA) is 122 Å². The van der Waals surface area contributed by atoms with Crippen LogP contribution >= 0.6 is 0 Å². The molecular weight excluding hydrogens is 336 g/mol. The molecule has 2 aromatic rings. The van der Waals surface area contributed by atoms with Gasteiger partial charge in [0, 0.05) is 17.2 Å². The third kappa shape index (κ3) is 2.98. The van der Waals surface area contributed by atoms with Crippen LogP contribution in [0.15, 0.2) is 57.1 Å². The molecule has 1 aliphatic rings. The smallest absolute Gasteiger partial charge is 0.330 e. The molecule has 1 aromatic heterocycles. The highest BCUT2D eigenvalue weighted by atomic mass is 32.2. The zero-order valence-corrected chi connectivity index (χ0v) is 13.3. The van der Waals surface area contributed by atoms with Crippen LogP contribution in [-0.4, -0.2) is 48.0 Å². The van der Waals surface area contributed by atoms with Gasteiger partial charge in [-0.25, -0.2) is 4.79 Å². The Balaban J connectivity index is 2.04. The van der Waals surface area contributed by atoms with Crippen LogP contribution in [0.1, 0.15) is 6.23 Å². The Labute approximate surface area is 138 Å². The number of hydrogen-bond acceptors (Lipinski definition) is 6. The zero-order valence-electron chi connectivity index (χ0n) is 12.4. The third-order valence-electron chi connectivity index (χ3n) is 3.84. The minimum absolute atomic E-state index is 0.464. The molecule has 1 aromatic carbocycles. The summed E-state index contributed by atoms with van der Waals surface area (Å²) in [6, 6.07) is 9.60. The van der Waals surface area contributed by atoms with E-state index in [4.69, 9.17) is 4.74 Å². The number of ether oxygens (including phenoxy) is 1. The number of H-pyrrole nitrogens is 1. The minimum Gasteiger partial charge on any atom is -0.394 e. The maximum Gasteiger partial charge on any atom is 0.330 e. The normalized spacial score (nSPS) is 27.9. The molecule has 24 heavy (non-hydrogen) atoms. The van der Waals surface area contributed by atoms with Crippen molar-refractivity contribution in [3.05, 3.63) is 63.4 Å². The SMILES string of the molecule is O=c1ccn(C2OC(CO)C(O)C2S(=O)c2ccccc2)c(=O)[nH]1. The fraction of sp³-hybridized carbons (Fsp3) is 0.333. The fourth-order valence-electron chi connectivity index (χ4n) is 2.66. The van der Waals surface area contributed by atoms with Gasteiger partial charge in [0.15, 0.2) is 6.23 Å². The zero-order chi connectivity index (χ0) is 17.3. The number of aliphatic hydroxyl groups excluding tert-OH is 2. The van der Waals surface area contributed by atoms with Crippen molar-refractivity contribution in [2.24, 2.45) is 0 Å². The van der Waals surface area contributed by atoms with Gasteiger partial charge in [-0.3, -0.25) is 18.6 Å². The van der Waals surface area contributed by atoms with E-state index in [0.717, 1.165) is 10.6 Å². The van der Waals surface area contributed by atoms with Crippen LogP contribution in [-0.2, 0) is 15.5 Å². The monoisotopic (exact) mass is 352 g/mol. The van der Waals surface area contributed by atoms with Gasteiger partial charge in [0.2, 0.25) is 0 Å². The van der Waals surface area contributed by atoms with E-state index >= 15 is 0 Å². The molecule has 0 aliphatic carbocycles. The molecule has 0 saturated carbocycles. The molecule has 1 fully saturated rings. The standard InChI is InChI=1S/C15H16N2O6S/c18-8-10-12(20)13(24(22)9-4-2-1-3-5-9)14(23-10)17-7-6-11(19)16-15(17)21/h1-7,10,12-14,18,20H,8H2,(H,16,19,21). The maximum atomic E-state index is 12.9. The van der Waals surface area contributed by atoms with Crippen molar-refractivity contribution in [3.63, 3.8) is 0 Å². The maximum absolute atomic E-state index is 12.9. The molecule has 5 unspecified atom stereocenters. The molecule has 0 amide bonds. The summed E-state index contributed by atoms with van der Waals surface area (Å²) in [5.41, 5.74) is -1.32. The first-order valence-electron chi connectivity index (χ1n) is 7.24. The molecule has 1 aliphatic heterocycles. The highest BCUT2D eigenvalue weighted by molar-refractivity contribution is 7.85. The van der Waals surface area contributed by atoms with Gasteiger partial charge in [0.1, 0.15) is 17.5 Å². The lowest BCUT2D eigenvalue weighted by Gasteiger charge is -2.21. The van der Waals surface area contributed by atoms with Crippen molar-refractivity contribution in [1.82, 2.24) is 9.55 Å². The number of benzene rings is 1. The Morgan fingerprint density at radius 3 is 2.54 bits per heavy atom. The van der Waals surface area contributed by atoms with Crippen molar-refractivity contribution in [1.29, 1.82) is 0 Å². The number of aliphatic hydroxyl groups is 2. The number of aromatic amines is 1. The summed E-state index contributed by atoms with van der Waals surface area (Å²) in [6.07, 6.45) is -2.08. The van der Waals surface area contributed by atoms with Crippen LogP contribution < -0.4 is 11.2 Å². The number of hydrogen-bond donors (Lipinski definition) is 3. The van der Waals surface area contributed by atoms with Crippen LogP contribution in [0.3, 0.4) is 0 Å². The average molecular weight is 352 g/mol. The Morgan fingerprint density at radius 1 is 1.21 bits per heavy atom. The first-order valence-corrected chi connectivity index (χ1v) is 8.45. The number of aromatic nitrogens is 2. The molecule has 128 valence electrons. The molecule has 2 heterocycles. The van der Waals surface area contributed by atoms with E-state index < -0.39 is 52.3 Å². The summed E-state index contributed by atoms with van der Waals surface area (Å²) in [4.78, 5) is 25.8. The van der Waals surface area contributed by atoms with Gasteiger partial charge in [0.25, 0.3) is 5.56 Å². The Kier molecular flexibility index (Phi) is 4.76. The molecule has 3 rings (SSSR count). The van der Waals surface area contributed by atoms with Crippen LogP contribution in [0.5, 0.6) is 0 Å². The van der Waals surface area contributed by atoms with E-state index in [-0.39, 0.29) is 0 Å². The first kappa shape index (κ1) is 16.8. The third-order valence-corrected chi connectivity index (χ3v) is 5.58. The van der Waals surface area contributed by atoms with Crippen molar-refractivity contribution >= 4 is 10.8 Å². The summed E-state index contributed by atoms with van der Waals surface area (Å²) in [7, 11) is -1.69. The summed E-state index contributed by atoms with van der Waals surface area (Å²) < 4.78 is 19.5. The molecule has 3 N–H and O–H groups in total. The van der Waals surface area contributed by atoms with E-state index in [9.17, 15) is 24.0 Å². The minimum atomic E-state index is -1.69. The number of rotatable bonds is 4. The van der Waals surface area contributed by atoms with Crippen molar-refractivity contribution in [3.8, 4) is 0 Å². The Bertz CT molecular complexity index is 849. The molecule has 1 saturated heterocycles. The summed E-state index contributed by atoms with van der Waals surface area (Å²) in [5.74, 6) is 0. The van der Waals surface area contributed by atoms with Crippen molar-refractivity contribution in [2.45, 2.75) is 28.6 Å². The van der Waals surface area contributed by atoms with Crippen LogP contribution in [0, 0.1) is 0 Å².